The van der Waals surface area contributed by atoms with E-state index in [1.807, 2.05) is 0 Å². The molecule has 1 heterocycles. The zero-order valence-corrected chi connectivity index (χ0v) is 22.5. The number of aromatic nitrogens is 1. The Morgan fingerprint density at radius 1 is 0.951 bits per heavy atom. The molecule has 8 nitrogen and oxygen atoms in total. The van der Waals surface area contributed by atoms with Gasteiger partial charge in [0.15, 0.2) is 0 Å². The molecule has 0 saturated carbocycles. The number of halogens is 3. The zero-order chi connectivity index (χ0) is 29.4. The fourth-order valence-electron chi connectivity index (χ4n) is 4.11. The van der Waals surface area contributed by atoms with Gasteiger partial charge in [-0.1, -0.05) is 13.8 Å². The van der Waals surface area contributed by atoms with Crippen LogP contribution in [0.15, 0.2) is 60.8 Å². The van der Waals surface area contributed by atoms with E-state index in [2.05, 4.69) is 40.4 Å². The van der Waals surface area contributed by atoms with Gasteiger partial charge in [0.1, 0.15) is 40.8 Å². The normalized spacial score (nSPS) is 10.9. The van der Waals surface area contributed by atoms with Crippen molar-refractivity contribution >= 4 is 28.3 Å². The highest BCUT2D eigenvalue weighted by atomic mass is 19.1. The first-order valence-electron chi connectivity index (χ1n) is 13.0. The molecule has 0 aliphatic heterocycles. The molecule has 0 spiro atoms. The lowest BCUT2D eigenvalue weighted by atomic mass is 10.1. The van der Waals surface area contributed by atoms with Gasteiger partial charge in [-0.3, -0.25) is 4.98 Å². The standard InChI is InChI=1S/C30H28F3N5O3/c1-3-38(4-2)12-5-13-40-29-17-27-22(14-19(29)18-34)28(10-11-35-27)41-21-7-9-26(24(33)16-21)37-30(39)36-25-8-6-20(31)15-23(25)32/h6-11,14-17H,3-5,12-13H2,1-2H3,(H2,36,37,39). The van der Waals surface area contributed by atoms with Crippen LogP contribution in [-0.2, 0) is 0 Å². The molecule has 11 heteroatoms. The van der Waals surface area contributed by atoms with Crippen molar-refractivity contribution in [2.45, 2.75) is 20.3 Å². The average molecular weight is 564 g/mol. The molecule has 0 radical (unpaired) electrons. The number of benzene rings is 3. The quantitative estimate of drug-likeness (QED) is 0.189. The number of nitrogens with zero attached hydrogens (tertiary/aromatic N) is 3. The number of pyridine rings is 1. The SMILES string of the molecule is CCN(CC)CCCOc1cc2nccc(Oc3ccc(NC(=O)Nc4ccc(F)cc4F)c(F)c3)c2cc1C#N. The second kappa shape index (κ2) is 13.5. The number of fused-ring (bicyclic) bond motifs is 1. The van der Waals surface area contributed by atoms with E-state index in [1.54, 1.807) is 18.2 Å². The van der Waals surface area contributed by atoms with Crippen LogP contribution in [0.2, 0.25) is 0 Å². The summed E-state index contributed by atoms with van der Waals surface area (Å²) in [5, 5.41) is 14.7. The van der Waals surface area contributed by atoms with E-state index in [-0.39, 0.29) is 17.1 Å². The number of carbonyl (C=O) groups excluding carboxylic acids is 1. The largest absolute Gasteiger partial charge is 0.492 e. The maximum atomic E-state index is 14.8. The van der Waals surface area contributed by atoms with E-state index < -0.39 is 23.5 Å². The third kappa shape index (κ3) is 7.43. The number of hydrogen-bond acceptors (Lipinski definition) is 6. The van der Waals surface area contributed by atoms with Gasteiger partial charge in [0.25, 0.3) is 0 Å². The topological polar surface area (TPSA) is 99.5 Å². The number of carbonyl (C=O) groups is 1. The molecule has 0 aliphatic rings. The van der Waals surface area contributed by atoms with Gasteiger partial charge in [0.05, 0.1) is 29.1 Å². The average Bonchev–Trinajstić information content (AvgIpc) is 2.96. The third-order valence-electron chi connectivity index (χ3n) is 6.29. The Kier molecular flexibility index (Phi) is 9.60. The Labute approximate surface area is 235 Å². The van der Waals surface area contributed by atoms with Crippen molar-refractivity contribution in [2.75, 3.05) is 36.9 Å². The monoisotopic (exact) mass is 563 g/mol. The minimum Gasteiger partial charge on any atom is -0.492 e. The number of anilines is 2. The van der Waals surface area contributed by atoms with Gasteiger partial charge in [-0.25, -0.2) is 18.0 Å². The first-order chi connectivity index (χ1) is 19.8. The number of rotatable bonds is 11. The van der Waals surface area contributed by atoms with Crippen molar-refractivity contribution in [1.82, 2.24) is 9.88 Å². The molecule has 4 rings (SSSR count). The van der Waals surface area contributed by atoms with Gasteiger partial charge in [-0.2, -0.15) is 5.26 Å². The van der Waals surface area contributed by atoms with Crippen LogP contribution >= 0.6 is 0 Å². The van der Waals surface area contributed by atoms with E-state index in [0.717, 1.165) is 44.3 Å². The molecule has 0 saturated heterocycles. The summed E-state index contributed by atoms with van der Waals surface area (Å²) in [7, 11) is 0. The Morgan fingerprint density at radius 3 is 2.32 bits per heavy atom. The van der Waals surface area contributed by atoms with Crippen LogP contribution in [0.1, 0.15) is 25.8 Å². The Bertz CT molecular complexity index is 1590. The maximum absolute atomic E-state index is 14.8. The lowest BCUT2D eigenvalue weighted by molar-refractivity contribution is 0.249. The fourth-order valence-corrected chi connectivity index (χ4v) is 4.11. The Hall–Kier alpha value is -4.82. The van der Waals surface area contributed by atoms with Crippen LogP contribution in [-0.4, -0.2) is 42.2 Å². The molecule has 1 aromatic heterocycles. The summed E-state index contributed by atoms with van der Waals surface area (Å²) in [5.74, 6) is -1.69. The van der Waals surface area contributed by atoms with Gasteiger partial charge >= 0.3 is 6.03 Å². The highest BCUT2D eigenvalue weighted by molar-refractivity contribution is 6.00. The van der Waals surface area contributed by atoms with Gasteiger partial charge in [0, 0.05) is 36.3 Å². The number of nitrogens with one attached hydrogen (secondary N) is 2. The molecule has 2 N–H and O–H groups in total. The van der Waals surface area contributed by atoms with Crippen LogP contribution in [0.4, 0.5) is 29.3 Å². The van der Waals surface area contributed by atoms with Crippen LogP contribution < -0.4 is 20.1 Å². The maximum Gasteiger partial charge on any atom is 0.323 e. The van der Waals surface area contributed by atoms with E-state index >= 15 is 0 Å². The summed E-state index contributed by atoms with van der Waals surface area (Å²) in [6, 6.07) is 12.5. The van der Waals surface area contributed by atoms with Gasteiger partial charge in [0.2, 0.25) is 0 Å². The number of amides is 2. The minimum atomic E-state index is -0.970. The smallest absolute Gasteiger partial charge is 0.323 e. The number of urea groups is 1. The van der Waals surface area contributed by atoms with Crippen molar-refractivity contribution in [1.29, 1.82) is 5.26 Å². The van der Waals surface area contributed by atoms with Gasteiger partial charge in [-0.05, 0) is 55.9 Å². The second-order valence-electron chi connectivity index (χ2n) is 8.96. The molecule has 0 aliphatic carbocycles. The van der Waals surface area contributed by atoms with Crippen LogP contribution in [0.25, 0.3) is 10.9 Å². The molecule has 3 aromatic carbocycles. The van der Waals surface area contributed by atoms with Gasteiger partial charge in [-0.15, -0.1) is 0 Å². The van der Waals surface area contributed by atoms with Crippen molar-refractivity contribution < 1.29 is 27.4 Å². The molecule has 212 valence electrons. The number of hydrogen-bond donors (Lipinski definition) is 2. The minimum absolute atomic E-state index is 0.126. The summed E-state index contributed by atoms with van der Waals surface area (Å²) in [5.41, 5.74) is 0.390. The van der Waals surface area contributed by atoms with Crippen molar-refractivity contribution in [3.8, 4) is 23.3 Å². The summed E-state index contributed by atoms with van der Waals surface area (Å²) in [4.78, 5) is 18.8. The van der Waals surface area contributed by atoms with Crippen LogP contribution in [0.3, 0.4) is 0 Å². The molecule has 0 unspecified atom stereocenters. The van der Waals surface area contributed by atoms with Crippen LogP contribution in [0.5, 0.6) is 17.2 Å². The molecular weight excluding hydrogens is 535 g/mol. The summed E-state index contributed by atoms with van der Waals surface area (Å²) < 4.78 is 53.4. The third-order valence-corrected chi connectivity index (χ3v) is 6.29. The van der Waals surface area contributed by atoms with E-state index in [1.165, 1.54) is 18.3 Å². The zero-order valence-electron chi connectivity index (χ0n) is 22.5. The lowest BCUT2D eigenvalue weighted by Gasteiger charge is -2.18. The predicted molar refractivity (Wildman–Crippen MR) is 150 cm³/mol. The molecular formula is C30H28F3N5O3. The highest BCUT2D eigenvalue weighted by Gasteiger charge is 2.14. The Balaban J connectivity index is 1.45. The Morgan fingerprint density at radius 2 is 1.66 bits per heavy atom. The second-order valence-corrected chi connectivity index (χ2v) is 8.96. The van der Waals surface area contributed by atoms with Crippen molar-refractivity contribution in [3.63, 3.8) is 0 Å². The highest BCUT2D eigenvalue weighted by Crippen LogP contribution is 2.34. The first-order valence-corrected chi connectivity index (χ1v) is 13.0. The van der Waals surface area contributed by atoms with Crippen molar-refractivity contribution in [3.05, 3.63) is 83.8 Å². The first kappa shape index (κ1) is 29.2. The van der Waals surface area contributed by atoms with E-state index in [9.17, 15) is 23.2 Å². The summed E-state index contributed by atoms with van der Waals surface area (Å²) >= 11 is 0. The fraction of sp³-hybridized carbons (Fsp3) is 0.233. The van der Waals surface area contributed by atoms with E-state index in [4.69, 9.17) is 9.47 Å². The van der Waals surface area contributed by atoms with Crippen LogP contribution in [0, 0.1) is 28.8 Å². The molecule has 4 aromatic rings. The molecule has 0 bridgehead atoms. The predicted octanol–water partition coefficient (Wildman–Crippen LogP) is 7.07. The number of ether oxygens (including phenoxy) is 2. The summed E-state index contributed by atoms with van der Waals surface area (Å²) in [6.45, 7) is 7.46. The van der Waals surface area contributed by atoms with Gasteiger partial charge < -0.3 is 25.0 Å². The molecule has 41 heavy (non-hydrogen) atoms. The lowest BCUT2D eigenvalue weighted by Crippen LogP contribution is -2.25. The van der Waals surface area contributed by atoms with E-state index in [0.29, 0.717) is 40.6 Å². The summed E-state index contributed by atoms with van der Waals surface area (Å²) in [6.07, 6.45) is 2.33. The molecule has 2 amide bonds. The molecule has 0 fully saturated rings. The van der Waals surface area contributed by atoms with Crippen molar-refractivity contribution in [2.24, 2.45) is 0 Å². The number of nitriles is 1. The molecule has 0 atom stereocenters.